The average Bonchev–Trinajstić information content (AvgIpc) is 2.67. The number of hydrogen-bond acceptors (Lipinski definition) is 3. The van der Waals surface area contributed by atoms with Gasteiger partial charge in [0.05, 0.1) is 18.6 Å². The number of ether oxygens (including phenoxy) is 1. The second kappa shape index (κ2) is 7.74. The minimum Gasteiger partial charge on any atom is -0.508 e. The number of methoxy groups -OCH3 is 1. The molecule has 0 aliphatic heterocycles. The zero-order valence-electron chi connectivity index (χ0n) is 14.8. The maximum Gasteiger partial charge on any atom is 0.215 e. The molecule has 0 saturated carbocycles. The second-order valence-corrected chi connectivity index (χ2v) is 5.89. The van der Waals surface area contributed by atoms with Gasteiger partial charge >= 0.3 is 0 Å². The van der Waals surface area contributed by atoms with E-state index in [1.165, 1.54) is 0 Å². The predicted molar refractivity (Wildman–Crippen MR) is 105 cm³/mol. The Balaban J connectivity index is 2.32. The molecule has 3 rings (SSSR count). The Labute approximate surface area is 152 Å². The molecular formula is C22H22NO3+. The molecule has 0 amide bonds. The zero-order valence-corrected chi connectivity index (χ0v) is 14.8. The third kappa shape index (κ3) is 3.54. The first-order chi connectivity index (χ1) is 12.7. The lowest BCUT2D eigenvalue weighted by Gasteiger charge is -2.07. The van der Waals surface area contributed by atoms with Crippen LogP contribution in [0.3, 0.4) is 0 Å². The summed E-state index contributed by atoms with van der Waals surface area (Å²) in [6.07, 6.45) is 3.69. The highest BCUT2D eigenvalue weighted by atomic mass is 16.5. The van der Waals surface area contributed by atoms with Crippen LogP contribution in [0.15, 0.2) is 78.3 Å². The Bertz CT molecular complexity index is 1000. The highest BCUT2D eigenvalue weighted by Crippen LogP contribution is 2.25. The van der Waals surface area contributed by atoms with Gasteiger partial charge in [0, 0.05) is 5.56 Å². The van der Waals surface area contributed by atoms with Gasteiger partial charge in [-0.1, -0.05) is 13.2 Å². The first-order valence-corrected chi connectivity index (χ1v) is 8.37. The van der Waals surface area contributed by atoms with E-state index >= 15 is 0 Å². The molecule has 4 heteroatoms. The third-order valence-corrected chi connectivity index (χ3v) is 4.14. The lowest BCUT2D eigenvalue weighted by molar-refractivity contribution is 0.415. The molecule has 0 spiro atoms. The lowest BCUT2D eigenvalue weighted by atomic mass is 10.1. The van der Waals surface area contributed by atoms with Crippen molar-refractivity contribution < 1.29 is 14.3 Å². The van der Waals surface area contributed by atoms with Gasteiger partial charge in [0.2, 0.25) is 5.36 Å². The fourth-order valence-corrected chi connectivity index (χ4v) is 2.90. The van der Waals surface area contributed by atoms with E-state index in [-0.39, 0.29) is 5.75 Å². The summed E-state index contributed by atoms with van der Waals surface area (Å²) in [4.78, 5) is 0. The maximum absolute atomic E-state index is 9.93. The van der Waals surface area contributed by atoms with Crippen LogP contribution in [-0.4, -0.2) is 25.3 Å². The van der Waals surface area contributed by atoms with Gasteiger partial charge in [-0.15, -0.1) is 0 Å². The van der Waals surface area contributed by atoms with Crippen LogP contribution >= 0.6 is 0 Å². The number of rotatable bonds is 6. The summed E-state index contributed by atoms with van der Waals surface area (Å²) in [6, 6.07) is 14.8. The molecular weight excluding hydrogens is 326 g/mol. The topological polar surface area (TPSA) is 45.6 Å². The van der Waals surface area contributed by atoms with E-state index in [4.69, 9.17) is 9.15 Å². The van der Waals surface area contributed by atoms with Gasteiger partial charge in [-0.25, -0.2) is 4.58 Å². The van der Waals surface area contributed by atoms with E-state index < -0.39 is 0 Å². The summed E-state index contributed by atoms with van der Waals surface area (Å²) in [6.45, 7) is 9.00. The van der Waals surface area contributed by atoms with Crippen LogP contribution in [0.5, 0.6) is 11.5 Å². The number of fused-ring (bicyclic) bond motifs is 1. The molecule has 0 aliphatic rings. The number of phenols is 1. The summed E-state index contributed by atoms with van der Waals surface area (Å²) >= 11 is 0. The molecule has 0 saturated heterocycles. The van der Waals surface area contributed by atoms with Crippen LogP contribution in [0.4, 0.5) is 0 Å². The molecule has 132 valence electrons. The molecule has 0 radical (unpaired) electrons. The smallest absolute Gasteiger partial charge is 0.215 e. The van der Waals surface area contributed by atoms with E-state index in [0.717, 1.165) is 27.8 Å². The number of nitrogens with zero attached hydrogens (tertiary/aromatic N) is 1. The van der Waals surface area contributed by atoms with Crippen molar-refractivity contribution in [3.05, 3.63) is 79.2 Å². The van der Waals surface area contributed by atoms with Gasteiger partial charge in [-0.3, -0.25) is 0 Å². The van der Waals surface area contributed by atoms with Crippen molar-refractivity contribution in [2.75, 3.05) is 20.2 Å². The van der Waals surface area contributed by atoms with E-state index in [1.54, 1.807) is 25.3 Å². The van der Waals surface area contributed by atoms with Crippen LogP contribution in [0, 0.1) is 0 Å². The van der Waals surface area contributed by atoms with E-state index in [2.05, 4.69) is 17.7 Å². The summed E-state index contributed by atoms with van der Waals surface area (Å²) < 4.78 is 13.4. The predicted octanol–water partition coefficient (Wildman–Crippen LogP) is 3.96. The summed E-state index contributed by atoms with van der Waals surface area (Å²) in [7, 11) is 1.64. The van der Waals surface area contributed by atoms with Gasteiger partial charge in [-0.2, -0.15) is 0 Å². The van der Waals surface area contributed by atoms with Crippen molar-refractivity contribution in [3.63, 3.8) is 0 Å². The van der Waals surface area contributed by atoms with Gasteiger partial charge in [0.25, 0.3) is 0 Å². The van der Waals surface area contributed by atoms with Gasteiger partial charge < -0.3 is 14.3 Å². The third-order valence-electron chi connectivity index (χ3n) is 4.14. The monoisotopic (exact) mass is 348 g/mol. The first kappa shape index (κ1) is 17.5. The molecule has 2 aromatic carbocycles. The standard InChI is InChI=1S/C22H21NO3/c1-4-12-23(13-5-2)20-15-22(16-6-9-18(25-3)10-7-16)26-21-11-8-17(24)14-19(20)21/h4-11,14-15H,1-2,12-13H2,3H3/p+1. The second-order valence-electron chi connectivity index (χ2n) is 5.89. The number of aromatic hydroxyl groups is 1. The van der Waals surface area contributed by atoms with Crippen LogP contribution in [0.25, 0.3) is 22.3 Å². The van der Waals surface area contributed by atoms with Gasteiger partial charge in [-0.05, 0) is 54.6 Å². The molecule has 0 aliphatic carbocycles. The van der Waals surface area contributed by atoms with Crippen LogP contribution < -0.4 is 14.7 Å². The van der Waals surface area contributed by atoms with Gasteiger partial charge in [0.15, 0.2) is 13.1 Å². The normalized spacial score (nSPS) is 10.5. The van der Waals surface area contributed by atoms with Crippen molar-refractivity contribution in [2.24, 2.45) is 0 Å². The minimum atomic E-state index is 0.198. The maximum atomic E-state index is 9.93. The molecule has 0 bridgehead atoms. The highest BCUT2D eigenvalue weighted by molar-refractivity contribution is 5.80. The number of hydrogen-bond donors (Lipinski definition) is 1. The average molecular weight is 348 g/mol. The lowest BCUT2D eigenvalue weighted by Crippen LogP contribution is -2.30. The minimum absolute atomic E-state index is 0.198. The Hall–Kier alpha value is -3.27. The molecule has 1 heterocycles. The largest absolute Gasteiger partial charge is 0.508 e. The van der Waals surface area contributed by atoms with Gasteiger partial charge in [0.1, 0.15) is 22.8 Å². The van der Waals surface area contributed by atoms with E-state index in [9.17, 15) is 5.11 Å². The Morgan fingerprint density at radius 2 is 1.73 bits per heavy atom. The van der Waals surface area contributed by atoms with Crippen molar-refractivity contribution in [1.82, 2.24) is 4.58 Å². The fourth-order valence-electron chi connectivity index (χ4n) is 2.90. The van der Waals surface area contributed by atoms with Crippen LogP contribution in [0.2, 0.25) is 0 Å². The Morgan fingerprint density at radius 3 is 2.35 bits per heavy atom. The summed E-state index contributed by atoms with van der Waals surface area (Å²) in [5, 5.41) is 11.7. The van der Waals surface area contributed by atoms with E-state index in [0.29, 0.717) is 18.7 Å². The quantitative estimate of drug-likeness (QED) is 0.542. The van der Waals surface area contributed by atoms with Crippen LogP contribution in [0.1, 0.15) is 0 Å². The zero-order chi connectivity index (χ0) is 18.5. The number of benzene rings is 2. The molecule has 0 unspecified atom stereocenters. The Morgan fingerprint density at radius 1 is 1.04 bits per heavy atom. The SMILES string of the molecule is C=CC[N+](CC=C)=c1cc(-c2ccc(OC)cc2)oc2ccc(O)cc12. The van der Waals surface area contributed by atoms with Crippen molar-refractivity contribution in [3.8, 4) is 22.8 Å². The molecule has 1 aromatic heterocycles. The molecule has 0 atom stereocenters. The highest BCUT2D eigenvalue weighted by Gasteiger charge is 2.13. The molecule has 3 aromatic rings. The summed E-state index contributed by atoms with van der Waals surface area (Å²) in [5.41, 5.74) is 1.64. The summed E-state index contributed by atoms with van der Waals surface area (Å²) in [5.74, 6) is 1.72. The number of phenolic OH excluding ortho intramolecular Hbond substituents is 1. The van der Waals surface area contributed by atoms with Crippen LogP contribution in [-0.2, 0) is 0 Å². The molecule has 4 nitrogen and oxygen atoms in total. The van der Waals surface area contributed by atoms with Crippen molar-refractivity contribution in [2.45, 2.75) is 0 Å². The molecule has 1 N–H and O–H groups in total. The fraction of sp³-hybridized carbons (Fsp3) is 0.136. The van der Waals surface area contributed by atoms with Crippen molar-refractivity contribution >= 4 is 11.0 Å². The van der Waals surface area contributed by atoms with E-state index in [1.807, 2.05) is 42.5 Å². The molecule has 26 heavy (non-hydrogen) atoms. The first-order valence-electron chi connectivity index (χ1n) is 8.37. The molecule has 0 fully saturated rings. The van der Waals surface area contributed by atoms with Crippen molar-refractivity contribution in [1.29, 1.82) is 0 Å². The Kier molecular flexibility index (Phi) is 5.23.